The van der Waals surface area contributed by atoms with Crippen molar-refractivity contribution in [3.05, 3.63) is 54.0 Å². The lowest BCUT2D eigenvalue weighted by Crippen LogP contribution is -2.30. The second kappa shape index (κ2) is 6.39. The van der Waals surface area contributed by atoms with Crippen molar-refractivity contribution in [2.75, 3.05) is 6.61 Å². The van der Waals surface area contributed by atoms with Gasteiger partial charge in [0.15, 0.2) is 0 Å². The number of esters is 1. The molecule has 1 aromatic heterocycles. The molecule has 0 saturated carbocycles. The maximum Gasteiger partial charge on any atom is 0.320 e. The summed E-state index contributed by atoms with van der Waals surface area (Å²) in [7, 11) is 0. The highest BCUT2D eigenvalue weighted by Gasteiger charge is 2.29. The molecule has 1 unspecified atom stereocenters. The first-order valence-corrected chi connectivity index (χ1v) is 7.16. The normalized spacial score (nSPS) is 18.2. The van der Waals surface area contributed by atoms with Gasteiger partial charge in [0, 0.05) is 11.8 Å². The molecule has 0 fully saturated rings. The van der Waals surface area contributed by atoms with Crippen molar-refractivity contribution in [1.29, 1.82) is 0 Å². The number of hydrogen-bond acceptors (Lipinski definition) is 5. The van der Waals surface area contributed by atoms with Crippen LogP contribution in [0.2, 0.25) is 0 Å². The second-order valence-corrected chi connectivity index (χ2v) is 4.81. The van der Waals surface area contributed by atoms with Crippen molar-refractivity contribution in [2.45, 2.75) is 13.5 Å². The molecule has 1 aromatic carbocycles. The molecule has 2 heterocycles. The highest BCUT2D eigenvalue weighted by atomic mass is 16.5. The number of nitrogens with zero attached hydrogens (tertiary/aromatic N) is 2. The standard InChI is InChI=1S/C17H16N2O3/c1-2-21-17(20)14-11-18-15-8-4-3-7-13(15)16(14)19-10-12-6-5-9-22-12/h3-9,11,14H,2,10H2,1H3. The number of carbonyl (C=O) groups is 1. The summed E-state index contributed by atoms with van der Waals surface area (Å²) < 4.78 is 10.4. The van der Waals surface area contributed by atoms with E-state index in [1.165, 1.54) is 0 Å². The van der Waals surface area contributed by atoms with Crippen molar-refractivity contribution in [1.82, 2.24) is 0 Å². The van der Waals surface area contributed by atoms with Gasteiger partial charge in [0.2, 0.25) is 0 Å². The number of carbonyl (C=O) groups excluding carboxylic acids is 1. The molecule has 5 nitrogen and oxygen atoms in total. The number of furan rings is 1. The van der Waals surface area contributed by atoms with Gasteiger partial charge in [-0.05, 0) is 25.1 Å². The fourth-order valence-corrected chi connectivity index (χ4v) is 2.35. The van der Waals surface area contributed by atoms with Crippen LogP contribution in [0.4, 0.5) is 5.69 Å². The van der Waals surface area contributed by atoms with E-state index >= 15 is 0 Å². The predicted octanol–water partition coefficient (Wildman–Crippen LogP) is 3.16. The molecule has 0 spiro atoms. The zero-order valence-electron chi connectivity index (χ0n) is 12.2. The van der Waals surface area contributed by atoms with Gasteiger partial charge in [0.05, 0.1) is 30.8 Å². The maximum atomic E-state index is 12.2. The minimum Gasteiger partial charge on any atom is -0.467 e. The SMILES string of the molecule is CCOC(=O)C1C=Nc2ccccc2C1=NCc1ccco1. The average Bonchev–Trinajstić information content (AvgIpc) is 3.06. The maximum absolute atomic E-state index is 12.2. The van der Waals surface area contributed by atoms with Gasteiger partial charge in [-0.2, -0.15) is 0 Å². The fraction of sp³-hybridized carbons (Fsp3) is 0.235. The number of aliphatic imine (C=N–C) groups is 2. The van der Waals surface area contributed by atoms with Gasteiger partial charge >= 0.3 is 5.97 Å². The summed E-state index contributed by atoms with van der Waals surface area (Å²) in [5.74, 6) is -0.168. The van der Waals surface area contributed by atoms with Crippen LogP contribution in [0.1, 0.15) is 18.2 Å². The molecule has 0 bridgehead atoms. The van der Waals surface area contributed by atoms with E-state index in [1.54, 1.807) is 19.4 Å². The quantitative estimate of drug-likeness (QED) is 0.814. The van der Waals surface area contributed by atoms with Gasteiger partial charge in [-0.15, -0.1) is 0 Å². The molecule has 22 heavy (non-hydrogen) atoms. The largest absolute Gasteiger partial charge is 0.467 e. The third kappa shape index (κ3) is 2.83. The summed E-state index contributed by atoms with van der Waals surface area (Å²) in [4.78, 5) is 21.1. The Balaban J connectivity index is 1.97. The molecular weight excluding hydrogens is 280 g/mol. The number of fused-ring (bicyclic) bond motifs is 1. The molecule has 2 aromatic rings. The molecule has 112 valence electrons. The summed E-state index contributed by atoms with van der Waals surface area (Å²) in [6.07, 6.45) is 3.20. The fourth-order valence-electron chi connectivity index (χ4n) is 2.35. The van der Waals surface area contributed by atoms with Crippen molar-refractivity contribution in [3.63, 3.8) is 0 Å². The van der Waals surface area contributed by atoms with Gasteiger partial charge in [0.25, 0.3) is 0 Å². The van der Waals surface area contributed by atoms with Crippen LogP contribution in [0.5, 0.6) is 0 Å². The van der Waals surface area contributed by atoms with Crippen molar-refractivity contribution < 1.29 is 13.9 Å². The Morgan fingerprint density at radius 1 is 1.32 bits per heavy atom. The predicted molar refractivity (Wildman–Crippen MR) is 83.7 cm³/mol. The molecule has 1 aliphatic rings. The highest BCUT2D eigenvalue weighted by molar-refractivity contribution is 6.24. The second-order valence-electron chi connectivity index (χ2n) is 4.81. The zero-order chi connectivity index (χ0) is 15.4. The van der Waals surface area contributed by atoms with Crippen LogP contribution in [0.15, 0.2) is 57.1 Å². The lowest BCUT2D eigenvalue weighted by Gasteiger charge is -2.20. The third-order valence-corrected chi connectivity index (χ3v) is 3.36. The van der Waals surface area contributed by atoms with Crippen molar-refractivity contribution in [2.24, 2.45) is 15.9 Å². The first kappa shape index (κ1) is 14.3. The van der Waals surface area contributed by atoms with Gasteiger partial charge in [-0.1, -0.05) is 18.2 Å². The Morgan fingerprint density at radius 3 is 2.95 bits per heavy atom. The van der Waals surface area contributed by atoms with Crippen LogP contribution in [0.25, 0.3) is 0 Å². The van der Waals surface area contributed by atoms with Crippen LogP contribution >= 0.6 is 0 Å². The summed E-state index contributed by atoms with van der Waals surface area (Å²) in [6.45, 7) is 2.49. The number of ether oxygens (including phenoxy) is 1. The van der Waals surface area contributed by atoms with E-state index in [2.05, 4.69) is 9.98 Å². The Hall–Kier alpha value is -2.69. The average molecular weight is 296 g/mol. The molecule has 0 aliphatic carbocycles. The molecule has 0 amide bonds. The first-order chi connectivity index (χ1) is 10.8. The van der Waals surface area contributed by atoms with E-state index in [0.29, 0.717) is 18.9 Å². The molecule has 3 rings (SSSR count). The smallest absolute Gasteiger partial charge is 0.320 e. The van der Waals surface area contributed by atoms with Gasteiger partial charge in [-0.25, -0.2) is 0 Å². The summed E-state index contributed by atoms with van der Waals surface area (Å²) >= 11 is 0. The van der Waals surface area contributed by atoms with Gasteiger partial charge < -0.3 is 9.15 Å². The van der Waals surface area contributed by atoms with E-state index in [-0.39, 0.29) is 5.97 Å². The van der Waals surface area contributed by atoms with E-state index in [1.807, 2.05) is 36.4 Å². The van der Waals surface area contributed by atoms with E-state index in [4.69, 9.17) is 9.15 Å². The summed E-state index contributed by atoms with van der Waals surface area (Å²) in [5.41, 5.74) is 2.33. The Morgan fingerprint density at radius 2 is 2.18 bits per heavy atom. The zero-order valence-corrected chi connectivity index (χ0v) is 12.2. The number of hydrogen-bond donors (Lipinski definition) is 0. The van der Waals surface area contributed by atoms with Crippen molar-refractivity contribution in [3.8, 4) is 0 Å². The van der Waals surface area contributed by atoms with E-state index in [0.717, 1.165) is 17.0 Å². The minimum absolute atomic E-state index is 0.330. The minimum atomic E-state index is -0.579. The molecule has 0 radical (unpaired) electrons. The molecule has 1 aliphatic heterocycles. The number of benzene rings is 1. The highest BCUT2D eigenvalue weighted by Crippen LogP contribution is 2.27. The summed E-state index contributed by atoms with van der Waals surface area (Å²) in [5, 5.41) is 0. The molecule has 1 atom stereocenters. The Bertz CT molecular complexity index is 717. The van der Waals surface area contributed by atoms with Crippen LogP contribution in [0.3, 0.4) is 0 Å². The molecule has 0 saturated heterocycles. The first-order valence-electron chi connectivity index (χ1n) is 7.16. The van der Waals surface area contributed by atoms with Crippen LogP contribution in [-0.2, 0) is 16.1 Å². The Labute approximate surface area is 128 Å². The number of rotatable bonds is 4. The van der Waals surface area contributed by atoms with Gasteiger partial charge in [0.1, 0.15) is 11.7 Å². The van der Waals surface area contributed by atoms with E-state index in [9.17, 15) is 4.79 Å². The van der Waals surface area contributed by atoms with Crippen LogP contribution in [0, 0.1) is 5.92 Å². The van der Waals surface area contributed by atoms with Crippen LogP contribution in [-0.4, -0.2) is 24.5 Å². The third-order valence-electron chi connectivity index (χ3n) is 3.36. The lowest BCUT2D eigenvalue weighted by atomic mass is 9.93. The monoisotopic (exact) mass is 296 g/mol. The number of para-hydroxylation sites is 1. The van der Waals surface area contributed by atoms with Crippen molar-refractivity contribution >= 4 is 23.6 Å². The van der Waals surface area contributed by atoms with Crippen LogP contribution < -0.4 is 0 Å². The topological polar surface area (TPSA) is 64.2 Å². The molecule has 5 heteroatoms. The summed E-state index contributed by atoms with van der Waals surface area (Å²) in [6, 6.07) is 11.3. The van der Waals surface area contributed by atoms with Gasteiger partial charge in [-0.3, -0.25) is 14.8 Å². The van der Waals surface area contributed by atoms with E-state index < -0.39 is 5.92 Å². The lowest BCUT2D eigenvalue weighted by molar-refractivity contribution is -0.143. The Kier molecular flexibility index (Phi) is 4.14. The molecule has 0 N–H and O–H groups in total. The molecular formula is C17H16N2O3.